The minimum absolute atomic E-state index is 0.00143. The molecule has 0 N–H and O–H groups in total. The molecule has 0 heterocycles. The van der Waals surface area contributed by atoms with Gasteiger partial charge in [-0.25, -0.2) is 0 Å². The molecule has 3 nitrogen and oxygen atoms in total. The van der Waals surface area contributed by atoms with Crippen molar-refractivity contribution in [2.75, 3.05) is 7.05 Å². The van der Waals surface area contributed by atoms with E-state index in [9.17, 15) is 9.59 Å². The fraction of sp³-hybridized carbons (Fsp3) is 0.500. The number of hydrogen-bond acceptors (Lipinski definition) is 2. The van der Waals surface area contributed by atoms with Gasteiger partial charge in [0.15, 0.2) is 0 Å². The smallest absolute Gasteiger partial charge is 0.230 e. The summed E-state index contributed by atoms with van der Waals surface area (Å²) in [7, 11) is 1.75. The summed E-state index contributed by atoms with van der Waals surface area (Å²) >= 11 is 0. The average molecular weight is 259 g/mol. The number of ketones is 1. The molecule has 1 aliphatic rings. The fourth-order valence-electron chi connectivity index (χ4n) is 2.60. The highest BCUT2D eigenvalue weighted by molar-refractivity contribution is 5.96. The summed E-state index contributed by atoms with van der Waals surface area (Å²) in [5.41, 5.74) is 4.03. The van der Waals surface area contributed by atoms with Crippen LogP contribution in [0, 0.1) is 0 Å². The lowest BCUT2D eigenvalue weighted by Crippen LogP contribution is -2.27. The summed E-state index contributed by atoms with van der Waals surface area (Å²) in [6.07, 6.45) is 4.86. The zero-order chi connectivity index (χ0) is 13.8. The van der Waals surface area contributed by atoms with E-state index in [4.69, 9.17) is 0 Å². The lowest BCUT2D eigenvalue weighted by atomic mass is 9.90. The molecule has 0 radical (unpaired) electrons. The van der Waals surface area contributed by atoms with Gasteiger partial charge in [-0.1, -0.05) is 18.2 Å². The Bertz CT molecular complexity index is 494. The van der Waals surface area contributed by atoms with Crippen LogP contribution in [0.15, 0.2) is 18.2 Å². The van der Waals surface area contributed by atoms with Crippen molar-refractivity contribution in [3.63, 3.8) is 0 Å². The molecule has 0 aliphatic heterocycles. The minimum atomic E-state index is -0.106. The number of amides is 1. The van der Waals surface area contributed by atoms with Crippen molar-refractivity contribution in [1.29, 1.82) is 0 Å². The molecule has 0 atom stereocenters. The maximum Gasteiger partial charge on any atom is 0.230 e. The number of Topliss-reactive ketones (excluding diaryl/α,β-unsaturated/α-hetero) is 1. The highest BCUT2D eigenvalue weighted by Gasteiger charge is 2.13. The number of carbonyl (C=O) groups is 2. The van der Waals surface area contributed by atoms with Crippen LogP contribution in [0.5, 0.6) is 0 Å². The van der Waals surface area contributed by atoms with Crippen LogP contribution in [0.2, 0.25) is 0 Å². The number of carbonyl (C=O) groups excluding carboxylic acids is 2. The third-order valence-electron chi connectivity index (χ3n) is 3.66. The molecule has 19 heavy (non-hydrogen) atoms. The molecule has 1 aliphatic carbocycles. The van der Waals surface area contributed by atoms with Crippen molar-refractivity contribution < 1.29 is 9.59 Å². The molecule has 0 saturated heterocycles. The molecule has 0 unspecified atom stereocenters. The maximum atomic E-state index is 11.8. The largest absolute Gasteiger partial charge is 0.341 e. The number of fused-ring (bicyclic) bond motifs is 1. The van der Waals surface area contributed by atoms with E-state index >= 15 is 0 Å². The van der Waals surface area contributed by atoms with Gasteiger partial charge in [-0.15, -0.1) is 0 Å². The Labute approximate surface area is 114 Å². The van der Waals surface area contributed by atoms with Crippen molar-refractivity contribution in [2.45, 2.75) is 45.6 Å². The van der Waals surface area contributed by atoms with Gasteiger partial charge in [0.2, 0.25) is 5.91 Å². The first-order valence-corrected chi connectivity index (χ1v) is 6.90. The Kier molecular flexibility index (Phi) is 4.35. The van der Waals surface area contributed by atoms with Crippen molar-refractivity contribution >= 4 is 11.7 Å². The normalized spacial score (nSPS) is 13.8. The number of aryl methyl sites for hydroxylation is 2. The first-order chi connectivity index (χ1) is 9.06. The molecule has 1 aromatic carbocycles. The zero-order valence-corrected chi connectivity index (χ0v) is 11.7. The Hall–Kier alpha value is -1.64. The SMILES string of the molecule is CC(=O)CC(=O)N(C)Cc1ccc2c(c1)CCCC2. The molecule has 2 rings (SSSR count). The number of hydrogen-bond donors (Lipinski definition) is 0. The van der Waals surface area contributed by atoms with Crippen LogP contribution in [0.3, 0.4) is 0 Å². The van der Waals surface area contributed by atoms with Gasteiger partial charge in [-0.2, -0.15) is 0 Å². The zero-order valence-electron chi connectivity index (χ0n) is 11.7. The number of nitrogens with zero attached hydrogens (tertiary/aromatic N) is 1. The van der Waals surface area contributed by atoms with Crippen LogP contribution >= 0.6 is 0 Å². The second kappa shape index (κ2) is 6.00. The topological polar surface area (TPSA) is 37.4 Å². The van der Waals surface area contributed by atoms with Crippen molar-refractivity contribution in [2.24, 2.45) is 0 Å². The van der Waals surface area contributed by atoms with Gasteiger partial charge in [0.05, 0.1) is 6.42 Å². The molecule has 0 fully saturated rings. The predicted octanol–water partition coefficient (Wildman–Crippen LogP) is 2.50. The van der Waals surface area contributed by atoms with E-state index in [0.29, 0.717) is 6.54 Å². The Morgan fingerprint density at radius 2 is 1.84 bits per heavy atom. The van der Waals surface area contributed by atoms with Crippen LogP contribution in [-0.2, 0) is 29.0 Å². The summed E-state index contributed by atoms with van der Waals surface area (Å²) in [5, 5.41) is 0. The third kappa shape index (κ3) is 3.66. The molecule has 1 amide bonds. The predicted molar refractivity (Wildman–Crippen MR) is 74.9 cm³/mol. The highest BCUT2D eigenvalue weighted by Crippen LogP contribution is 2.22. The van der Waals surface area contributed by atoms with Gasteiger partial charge >= 0.3 is 0 Å². The van der Waals surface area contributed by atoms with E-state index < -0.39 is 0 Å². The van der Waals surface area contributed by atoms with E-state index in [0.717, 1.165) is 12.0 Å². The van der Waals surface area contributed by atoms with E-state index in [2.05, 4.69) is 18.2 Å². The van der Waals surface area contributed by atoms with Gasteiger partial charge in [-0.05, 0) is 49.3 Å². The molecule has 0 aromatic heterocycles. The standard InChI is InChI=1S/C16H21NO2/c1-12(18)9-16(19)17(2)11-13-7-8-14-5-3-4-6-15(14)10-13/h7-8,10H,3-6,9,11H2,1-2H3. The van der Waals surface area contributed by atoms with E-state index in [-0.39, 0.29) is 18.1 Å². The summed E-state index contributed by atoms with van der Waals surface area (Å²) in [4.78, 5) is 24.3. The fourth-order valence-corrected chi connectivity index (χ4v) is 2.60. The van der Waals surface area contributed by atoms with Gasteiger partial charge in [0.1, 0.15) is 5.78 Å². The summed E-state index contributed by atoms with van der Waals surface area (Å²) < 4.78 is 0. The lowest BCUT2D eigenvalue weighted by molar-refractivity contribution is -0.134. The summed E-state index contributed by atoms with van der Waals surface area (Å²) in [5.74, 6) is -0.187. The number of rotatable bonds is 4. The highest BCUT2D eigenvalue weighted by atomic mass is 16.2. The van der Waals surface area contributed by atoms with Crippen molar-refractivity contribution in [3.8, 4) is 0 Å². The van der Waals surface area contributed by atoms with E-state index in [1.165, 1.54) is 37.3 Å². The van der Waals surface area contributed by atoms with Crippen LogP contribution in [0.25, 0.3) is 0 Å². The molecular weight excluding hydrogens is 238 g/mol. The molecular formula is C16H21NO2. The average Bonchev–Trinajstić information content (AvgIpc) is 2.37. The quantitative estimate of drug-likeness (QED) is 0.779. The minimum Gasteiger partial charge on any atom is -0.341 e. The number of benzene rings is 1. The van der Waals surface area contributed by atoms with E-state index in [1.807, 2.05) is 0 Å². The van der Waals surface area contributed by atoms with Crippen molar-refractivity contribution in [1.82, 2.24) is 4.90 Å². The molecule has 102 valence electrons. The molecule has 3 heteroatoms. The van der Waals surface area contributed by atoms with E-state index in [1.54, 1.807) is 11.9 Å². The van der Waals surface area contributed by atoms with Crippen LogP contribution < -0.4 is 0 Å². The van der Waals surface area contributed by atoms with Crippen LogP contribution in [-0.4, -0.2) is 23.6 Å². The van der Waals surface area contributed by atoms with Gasteiger partial charge < -0.3 is 4.90 Å². The summed E-state index contributed by atoms with van der Waals surface area (Å²) in [6, 6.07) is 6.50. The first-order valence-electron chi connectivity index (χ1n) is 6.90. The van der Waals surface area contributed by atoms with Crippen molar-refractivity contribution in [3.05, 3.63) is 34.9 Å². The van der Waals surface area contributed by atoms with Gasteiger partial charge in [0.25, 0.3) is 0 Å². The Balaban J connectivity index is 2.02. The monoisotopic (exact) mass is 259 g/mol. The Morgan fingerprint density at radius 3 is 2.53 bits per heavy atom. The second-order valence-corrected chi connectivity index (χ2v) is 5.44. The maximum absolute atomic E-state index is 11.8. The second-order valence-electron chi connectivity index (χ2n) is 5.44. The molecule has 0 bridgehead atoms. The van der Waals surface area contributed by atoms with Gasteiger partial charge in [-0.3, -0.25) is 9.59 Å². The van der Waals surface area contributed by atoms with Crippen LogP contribution in [0.4, 0.5) is 0 Å². The summed E-state index contributed by atoms with van der Waals surface area (Å²) in [6.45, 7) is 2.03. The van der Waals surface area contributed by atoms with Crippen LogP contribution in [0.1, 0.15) is 42.9 Å². The molecule has 0 spiro atoms. The van der Waals surface area contributed by atoms with Gasteiger partial charge in [0, 0.05) is 13.6 Å². The first kappa shape index (κ1) is 13.8. The Morgan fingerprint density at radius 1 is 1.16 bits per heavy atom. The molecule has 1 aromatic rings. The molecule has 0 saturated carbocycles. The third-order valence-corrected chi connectivity index (χ3v) is 3.66. The lowest BCUT2D eigenvalue weighted by Gasteiger charge is -2.20.